The maximum absolute atomic E-state index is 11.1. The molecule has 0 heterocycles. The zero-order valence-corrected chi connectivity index (χ0v) is 14.6. The van der Waals surface area contributed by atoms with Crippen LogP contribution >= 0.6 is 0 Å². The van der Waals surface area contributed by atoms with Crippen molar-refractivity contribution in [3.63, 3.8) is 0 Å². The molecule has 0 unspecified atom stereocenters. The second-order valence-electron chi connectivity index (χ2n) is 5.32. The minimum atomic E-state index is -3.17. The summed E-state index contributed by atoms with van der Waals surface area (Å²) in [5.74, 6) is 0.844. The van der Waals surface area contributed by atoms with Gasteiger partial charge in [0.05, 0.1) is 13.4 Å². The molecular weight excluding hydrogens is 324 g/mol. The Labute approximate surface area is 143 Å². The summed E-state index contributed by atoms with van der Waals surface area (Å²) in [6.07, 6.45) is 5.18. The van der Waals surface area contributed by atoms with Gasteiger partial charge in [0.1, 0.15) is 5.75 Å². The van der Waals surface area contributed by atoms with E-state index < -0.39 is 10.0 Å². The smallest absolute Gasteiger partial charge is 0.209 e. The molecule has 0 aromatic heterocycles. The number of nitrogens with one attached hydrogen (secondary N) is 2. The standard InChI is InChI=1S/C18H22N2O3S/c1-23-18-8-4-3-6-16(18)7-5-13-19-17-11-9-15(10-12-17)14-20-24(2,21)22/h3-12,19-20H,13-14H2,1-2H3/b7-5+. The summed E-state index contributed by atoms with van der Waals surface area (Å²) in [5.41, 5.74) is 2.92. The van der Waals surface area contributed by atoms with Crippen molar-refractivity contribution in [3.05, 3.63) is 65.7 Å². The predicted octanol–water partition coefficient (Wildman–Crippen LogP) is 2.87. The first kappa shape index (κ1) is 18.0. The first-order valence-electron chi connectivity index (χ1n) is 7.55. The van der Waals surface area contributed by atoms with Gasteiger partial charge in [0.25, 0.3) is 0 Å². The van der Waals surface area contributed by atoms with Crippen molar-refractivity contribution < 1.29 is 13.2 Å². The third-order valence-corrected chi connectivity index (χ3v) is 4.02. The molecule has 128 valence electrons. The highest BCUT2D eigenvalue weighted by Gasteiger charge is 2.01. The van der Waals surface area contributed by atoms with Crippen molar-refractivity contribution in [3.8, 4) is 5.75 Å². The lowest BCUT2D eigenvalue weighted by molar-refractivity contribution is 0.414. The number of benzene rings is 2. The molecule has 0 bridgehead atoms. The third kappa shape index (κ3) is 6.06. The van der Waals surface area contributed by atoms with E-state index in [1.165, 1.54) is 0 Å². The lowest BCUT2D eigenvalue weighted by Crippen LogP contribution is -2.21. The second kappa shape index (κ2) is 8.52. The van der Waals surface area contributed by atoms with E-state index in [0.29, 0.717) is 13.1 Å². The molecule has 2 aromatic rings. The number of rotatable bonds is 8. The van der Waals surface area contributed by atoms with Crippen LogP contribution in [-0.2, 0) is 16.6 Å². The van der Waals surface area contributed by atoms with Crippen LogP contribution in [0.2, 0.25) is 0 Å². The fourth-order valence-corrected chi connectivity index (χ4v) is 2.55. The van der Waals surface area contributed by atoms with Crippen molar-refractivity contribution in [1.82, 2.24) is 4.72 Å². The summed E-state index contributed by atoms with van der Waals surface area (Å²) in [5, 5.41) is 3.29. The zero-order valence-electron chi connectivity index (χ0n) is 13.8. The fraction of sp³-hybridized carbons (Fsp3) is 0.222. The topological polar surface area (TPSA) is 67.4 Å². The predicted molar refractivity (Wildman–Crippen MR) is 98.6 cm³/mol. The highest BCUT2D eigenvalue weighted by atomic mass is 32.2. The van der Waals surface area contributed by atoms with E-state index in [9.17, 15) is 8.42 Å². The number of methoxy groups -OCH3 is 1. The van der Waals surface area contributed by atoms with Crippen LogP contribution in [0.15, 0.2) is 54.6 Å². The molecular formula is C18H22N2O3S. The molecule has 0 amide bonds. The fourth-order valence-electron chi connectivity index (χ4n) is 2.12. The average molecular weight is 346 g/mol. The van der Waals surface area contributed by atoms with Gasteiger partial charge in [-0.25, -0.2) is 13.1 Å². The number of sulfonamides is 1. The Balaban J connectivity index is 1.85. The summed E-state index contributed by atoms with van der Waals surface area (Å²) in [6.45, 7) is 0.978. The van der Waals surface area contributed by atoms with Crippen LogP contribution in [-0.4, -0.2) is 28.3 Å². The SMILES string of the molecule is COc1ccccc1/C=C/CNc1ccc(CNS(C)(=O)=O)cc1. The highest BCUT2D eigenvalue weighted by molar-refractivity contribution is 7.88. The average Bonchev–Trinajstić information content (AvgIpc) is 2.57. The van der Waals surface area contributed by atoms with Crippen molar-refractivity contribution in [2.24, 2.45) is 0 Å². The monoisotopic (exact) mass is 346 g/mol. The minimum absolute atomic E-state index is 0.298. The molecule has 0 aliphatic carbocycles. The molecule has 0 radical (unpaired) electrons. The first-order valence-corrected chi connectivity index (χ1v) is 9.44. The van der Waals surface area contributed by atoms with Gasteiger partial charge in [-0.1, -0.05) is 42.5 Å². The van der Waals surface area contributed by atoms with Crippen LogP contribution in [0.3, 0.4) is 0 Å². The Morgan fingerprint density at radius 3 is 2.46 bits per heavy atom. The number of ether oxygens (including phenoxy) is 1. The van der Waals surface area contributed by atoms with Gasteiger partial charge in [-0.3, -0.25) is 0 Å². The van der Waals surface area contributed by atoms with Gasteiger partial charge in [-0.05, 0) is 23.8 Å². The molecule has 5 nitrogen and oxygen atoms in total. The van der Waals surface area contributed by atoms with Crippen LogP contribution in [0.1, 0.15) is 11.1 Å². The van der Waals surface area contributed by atoms with Gasteiger partial charge in [-0.15, -0.1) is 0 Å². The van der Waals surface area contributed by atoms with E-state index in [2.05, 4.69) is 10.0 Å². The Morgan fingerprint density at radius 1 is 1.08 bits per heavy atom. The lowest BCUT2D eigenvalue weighted by atomic mass is 10.2. The molecule has 0 aliphatic rings. The van der Waals surface area contributed by atoms with Gasteiger partial charge >= 0.3 is 0 Å². The summed E-state index contributed by atoms with van der Waals surface area (Å²) < 4.78 is 29.9. The highest BCUT2D eigenvalue weighted by Crippen LogP contribution is 2.18. The molecule has 0 saturated carbocycles. The van der Waals surface area contributed by atoms with Crippen molar-refractivity contribution in [2.45, 2.75) is 6.54 Å². The molecule has 0 fully saturated rings. The van der Waals surface area contributed by atoms with E-state index in [0.717, 1.165) is 28.8 Å². The Kier molecular flexibility index (Phi) is 6.40. The van der Waals surface area contributed by atoms with Gasteiger partial charge in [0, 0.05) is 24.3 Å². The second-order valence-corrected chi connectivity index (χ2v) is 7.15. The number of hydrogen-bond donors (Lipinski definition) is 2. The minimum Gasteiger partial charge on any atom is -0.496 e. The van der Waals surface area contributed by atoms with Crippen LogP contribution < -0.4 is 14.8 Å². The number of para-hydroxylation sites is 1. The van der Waals surface area contributed by atoms with E-state index in [4.69, 9.17) is 4.74 Å². The quantitative estimate of drug-likeness (QED) is 0.771. The van der Waals surface area contributed by atoms with E-state index in [-0.39, 0.29) is 0 Å². The Morgan fingerprint density at radius 2 is 1.79 bits per heavy atom. The van der Waals surface area contributed by atoms with E-state index >= 15 is 0 Å². The van der Waals surface area contributed by atoms with Crippen LogP contribution in [0, 0.1) is 0 Å². The summed E-state index contributed by atoms with van der Waals surface area (Å²) in [7, 11) is -1.51. The largest absolute Gasteiger partial charge is 0.496 e. The van der Waals surface area contributed by atoms with Crippen LogP contribution in [0.5, 0.6) is 5.75 Å². The molecule has 2 aromatic carbocycles. The zero-order chi connectivity index (χ0) is 17.4. The van der Waals surface area contributed by atoms with E-state index in [1.54, 1.807) is 7.11 Å². The van der Waals surface area contributed by atoms with Crippen molar-refractivity contribution in [1.29, 1.82) is 0 Å². The molecule has 6 heteroatoms. The number of hydrogen-bond acceptors (Lipinski definition) is 4. The first-order chi connectivity index (χ1) is 11.5. The van der Waals surface area contributed by atoms with Crippen LogP contribution in [0.25, 0.3) is 6.08 Å². The van der Waals surface area contributed by atoms with Gasteiger partial charge in [-0.2, -0.15) is 0 Å². The maximum Gasteiger partial charge on any atom is 0.209 e. The number of anilines is 1. The summed E-state index contributed by atoms with van der Waals surface area (Å²) >= 11 is 0. The molecule has 24 heavy (non-hydrogen) atoms. The normalized spacial score (nSPS) is 11.6. The molecule has 0 spiro atoms. The molecule has 0 saturated heterocycles. The summed E-state index contributed by atoms with van der Waals surface area (Å²) in [4.78, 5) is 0. The molecule has 0 aliphatic heterocycles. The van der Waals surface area contributed by atoms with E-state index in [1.807, 2.05) is 60.7 Å². The van der Waals surface area contributed by atoms with Gasteiger partial charge in [0.2, 0.25) is 10.0 Å². The van der Waals surface area contributed by atoms with Gasteiger partial charge in [0.15, 0.2) is 0 Å². The molecule has 2 rings (SSSR count). The maximum atomic E-state index is 11.1. The Hall–Kier alpha value is -2.31. The van der Waals surface area contributed by atoms with Crippen LogP contribution in [0.4, 0.5) is 5.69 Å². The van der Waals surface area contributed by atoms with Crippen molar-refractivity contribution >= 4 is 21.8 Å². The molecule has 0 atom stereocenters. The third-order valence-electron chi connectivity index (χ3n) is 3.35. The van der Waals surface area contributed by atoms with Crippen molar-refractivity contribution in [2.75, 3.05) is 25.2 Å². The van der Waals surface area contributed by atoms with Gasteiger partial charge < -0.3 is 10.1 Å². The Bertz CT molecular complexity index is 784. The summed E-state index contributed by atoms with van der Waals surface area (Å²) in [6, 6.07) is 15.5. The lowest BCUT2D eigenvalue weighted by Gasteiger charge is -2.06. The molecule has 2 N–H and O–H groups in total.